The molecular formula is C20H26N4OS. The summed E-state index contributed by atoms with van der Waals surface area (Å²) < 4.78 is 0. The first-order chi connectivity index (χ1) is 12.8. The second-order valence-electron chi connectivity index (χ2n) is 7.11. The molecular weight excluding hydrogens is 344 g/mol. The average Bonchev–Trinajstić information content (AvgIpc) is 3.18. The van der Waals surface area contributed by atoms with Crippen LogP contribution in [0.15, 0.2) is 35.7 Å². The van der Waals surface area contributed by atoms with E-state index in [1.54, 1.807) is 11.3 Å². The van der Waals surface area contributed by atoms with Gasteiger partial charge in [0.15, 0.2) is 0 Å². The zero-order valence-electron chi connectivity index (χ0n) is 15.1. The highest BCUT2D eigenvalue weighted by atomic mass is 32.1. The predicted molar refractivity (Wildman–Crippen MR) is 105 cm³/mol. The van der Waals surface area contributed by atoms with Crippen LogP contribution in [0.4, 0.5) is 0 Å². The van der Waals surface area contributed by atoms with Gasteiger partial charge in [0.05, 0.1) is 11.7 Å². The quantitative estimate of drug-likeness (QED) is 0.899. The third-order valence-corrected chi connectivity index (χ3v) is 6.19. The van der Waals surface area contributed by atoms with E-state index >= 15 is 0 Å². The minimum Gasteiger partial charge on any atom is -0.339 e. The molecule has 2 fully saturated rings. The van der Waals surface area contributed by atoms with Gasteiger partial charge >= 0.3 is 0 Å². The van der Waals surface area contributed by atoms with Gasteiger partial charge in [-0.3, -0.25) is 9.69 Å². The molecule has 4 rings (SSSR count). The Morgan fingerprint density at radius 3 is 2.69 bits per heavy atom. The maximum Gasteiger partial charge on any atom is 0.239 e. The van der Waals surface area contributed by atoms with Crippen molar-refractivity contribution in [3.63, 3.8) is 0 Å². The van der Waals surface area contributed by atoms with Crippen LogP contribution >= 0.6 is 11.3 Å². The molecule has 1 atom stereocenters. The maximum absolute atomic E-state index is 12.6. The fourth-order valence-electron chi connectivity index (χ4n) is 3.73. The summed E-state index contributed by atoms with van der Waals surface area (Å²) in [5.41, 5.74) is 2.31. The Morgan fingerprint density at radius 1 is 1.15 bits per heavy atom. The second-order valence-corrected chi connectivity index (χ2v) is 7.97. The molecule has 0 unspecified atom stereocenters. The Kier molecular flexibility index (Phi) is 5.62. The zero-order chi connectivity index (χ0) is 17.8. The van der Waals surface area contributed by atoms with E-state index in [2.05, 4.69) is 27.7 Å². The summed E-state index contributed by atoms with van der Waals surface area (Å²) in [5, 5.41) is 6.61. The lowest BCUT2D eigenvalue weighted by atomic mass is 10.0. The number of rotatable bonds is 4. The van der Waals surface area contributed by atoms with Crippen LogP contribution in [0.25, 0.3) is 10.6 Å². The number of piperidine rings is 1. The molecule has 3 heterocycles. The molecule has 2 aliphatic heterocycles. The number of nitrogens with zero attached hydrogens (tertiary/aromatic N) is 3. The fourth-order valence-corrected chi connectivity index (χ4v) is 4.55. The summed E-state index contributed by atoms with van der Waals surface area (Å²) in [6, 6.07) is 10.4. The highest BCUT2D eigenvalue weighted by Crippen LogP contribution is 2.24. The molecule has 0 bridgehead atoms. The number of hydrogen-bond acceptors (Lipinski definition) is 5. The van der Waals surface area contributed by atoms with E-state index in [1.165, 1.54) is 12.0 Å². The first kappa shape index (κ1) is 17.6. The normalized spacial score (nSPS) is 21.7. The van der Waals surface area contributed by atoms with Gasteiger partial charge in [0.2, 0.25) is 5.91 Å². The molecule has 2 aliphatic rings. The smallest absolute Gasteiger partial charge is 0.239 e. The van der Waals surface area contributed by atoms with Crippen LogP contribution in [-0.4, -0.2) is 59.5 Å². The third-order valence-electron chi connectivity index (χ3n) is 5.25. The van der Waals surface area contributed by atoms with Crippen molar-refractivity contribution in [1.82, 2.24) is 20.1 Å². The lowest BCUT2D eigenvalue weighted by Gasteiger charge is -2.37. The minimum absolute atomic E-state index is 0.0438. The Bertz CT molecular complexity index is 718. The number of carbonyl (C=O) groups is 1. The number of hydrogen-bond donors (Lipinski definition) is 1. The maximum atomic E-state index is 12.6. The summed E-state index contributed by atoms with van der Waals surface area (Å²) in [6.07, 6.45) is 3.34. The second kappa shape index (κ2) is 8.29. The molecule has 1 N–H and O–H groups in total. The van der Waals surface area contributed by atoms with E-state index in [4.69, 9.17) is 4.98 Å². The van der Waals surface area contributed by atoms with Crippen molar-refractivity contribution in [2.75, 3.05) is 32.7 Å². The Labute approximate surface area is 159 Å². The van der Waals surface area contributed by atoms with E-state index in [-0.39, 0.29) is 6.04 Å². The van der Waals surface area contributed by atoms with Crippen LogP contribution in [0.5, 0.6) is 0 Å². The molecule has 0 saturated carbocycles. The minimum atomic E-state index is 0.0438. The molecule has 1 aromatic carbocycles. The predicted octanol–water partition coefficient (Wildman–Crippen LogP) is 2.60. The van der Waals surface area contributed by atoms with Gasteiger partial charge in [0.1, 0.15) is 5.01 Å². The highest BCUT2D eigenvalue weighted by Gasteiger charge is 2.28. The van der Waals surface area contributed by atoms with Gasteiger partial charge in [0.25, 0.3) is 0 Å². The molecule has 26 heavy (non-hydrogen) atoms. The van der Waals surface area contributed by atoms with Gasteiger partial charge in [0, 0.05) is 43.7 Å². The number of benzene rings is 1. The number of aromatic nitrogens is 1. The van der Waals surface area contributed by atoms with Crippen LogP contribution in [0, 0.1) is 0 Å². The van der Waals surface area contributed by atoms with Crippen molar-refractivity contribution < 1.29 is 4.79 Å². The summed E-state index contributed by atoms with van der Waals surface area (Å²) in [5.74, 6) is 0.296. The molecule has 0 aliphatic carbocycles. The van der Waals surface area contributed by atoms with E-state index < -0.39 is 0 Å². The van der Waals surface area contributed by atoms with Crippen LogP contribution in [0.2, 0.25) is 0 Å². The van der Waals surface area contributed by atoms with Gasteiger partial charge in [-0.15, -0.1) is 11.3 Å². The van der Waals surface area contributed by atoms with Crippen molar-refractivity contribution in [3.8, 4) is 10.6 Å². The molecule has 1 amide bonds. The lowest BCUT2D eigenvalue weighted by Crippen LogP contribution is -2.54. The standard InChI is InChI=1S/C20H26N4OS/c25-20(18-8-4-5-9-21-18)24-12-10-23(11-13-24)14-17-15-26-19(22-17)16-6-2-1-3-7-16/h1-3,6-7,15,18,21H,4-5,8-14H2/t18-/m1/s1. The highest BCUT2D eigenvalue weighted by molar-refractivity contribution is 7.13. The first-order valence-corrected chi connectivity index (χ1v) is 10.4. The Morgan fingerprint density at radius 2 is 1.96 bits per heavy atom. The third kappa shape index (κ3) is 4.14. The topological polar surface area (TPSA) is 48.5 Å². The fraction of sp³-hybridized carbons (Fsp3) is 0.500. The summed E-state index contributed by atoms with van der Waals surface area (Å²) in [7, 11) is 0. The molecule has 5 nitrogen and oxygen atoms in total. The van der Waals surface area contributed by atoms with Crippen LogP contribution < -0.4 is 5.32 Å². The zero-order valence-corrected chi connectivity index (χ0v) is 15.9. The number of thiazole rings is 1. The van der Waals surface area contributed by atoms with Crippen molar-refractivity contribution in [1.29, 1.82) is 0 Å². The van der Waals surface area contributed by atoms with Gasteiger partial charge < -0.3 is 10.2 Å². The van der Waals surface area contributed by atoms with Gasteiger partial charge in [-0.05, 0) is 19.4 Å². The van der Waals surface area contributed by atoms with Gasteiger partial charge in [-0.2, -0.15) is 0 Å². The average molecular weight is 371 g/mol. The number of nitrogens with one attached hydrogen (secondary N) is 1. The van der Waals surface area contributed by atoms with Crippen molar-refractivity contribution in [2.24, 2.45) is 0 Å². The molecule has 2 aromatic rings. The SMILES string of the molecule is O=C([C@H]1CCCCN1)N1CCN(Cc2csc(-c3ccccc3)n2)CC1. The largest absolute Gasteiger partial charge is 0.339 e. The van der Waals surface area contributed by atoms with Crippen molar-refractivity contribution in [2.45, 2.75) is 31.8 Å². The molecule has 0 radical (unpaired) electrons. The van der Waals surface area contributed by atoms with E-state index in [9.17, 15) is 4.79 Å². The summed E-state index contributed by atoms with van der Waals surface area (Å²) >= 11 is 1.70. The van der Waals surface area contributed by atoms with Gasteiger partial charge in [-0.1, -0.05) is 36.8 Å². The van der Waals surface area contributed by atoms with Crippen LogP contribution in [0.1, 0.15) is 25.0 Å². The molecule has 1 aromatic heterocycles. The Balaban J connectivity index is 1.29. The van der Waals surface area contributed by atoms with E-state index in [0.29, 0.717) is 5.91 Å². The molecule has 0 spiro atoms. The summed E-state index contributed by atoms with van der Waals surface area (Å²) in [4.78, 5) is 21.8. The number of amides is 1. The number of carbonyl (C=O) groups excluding carboxylic acids is 1. The monoisotopic (exact) mass is 370 g/mol. The lowest BCUT2D eigenvalue weighted by molar-refractivity contribution is -0.135. The van der Waals surface area contributed by atoms with Crippen molar-refractivity contribution >= 4 is 17.2 Å². The van der Waals surface area contributed by atoms with Gasteiger partial charge in [-0.25, -0.2) is 4.98 Å². The molecule has 6 heteroatoms. The number of piperazine rings is 1. The first-order valence-electron chi connectivity index (χ1n) is 9.54. The molecule has 2 saturated heterocycles. The molecule has 138 valence electrons. The van der Waals surface area contributed by atoms with Crippen LogP contribution in [-0.2, 0) is 11.3 Å². The summed E-state index contributed by atoms with van der Waals surface area (Å²) in [6.45, 7) is 5.35. The van der Waals surface area contributed by atoms with Crippen molar-refractivity contribution in [3.05, 3.63) is 41.4 Å². The van der Waals surface area contributed by atoms with Crippen LogP contribution in [0.3, 0.4) is 0 Å². The Hall–Kier alpha value is -1.76. The van der Waals surface area contributed by atoms with E-state index in [1.807, 2.05) is 23.1 Å². The van der Waals surface area contributed by atoms with E-state index in [0.717, 1.165) is 62.8 Å².